The number of hydrogen-bond acceptors (Lipinski definition) is 5. The van der Waals surface area contributed by atoms with E-state index in [1.165, 1.54) is 0 Å². The summed E-state index contributed by atoms with van der Waals surface area (Å²) in [5.41, 5.74) is 1.12. The van der Waals surface area contributed by atoms with Crippen LogP contribution in [0.4, 0.5) is 0 Å². The second-order valence-electron chi connectivity index (χ2n) is 5.52. The maximum Gasteiger partial charge on any atom is 0.337 e. The summed E-state index contributed by atoms with van der Waals surface area (Å²) in [5.74, 6) is -0.462. The van der Waals surface area contributed by atoms with Gasteiger partial charge in [0.15, 0.2) is 0 Å². The molecule has 0 spiro atoms. The zero-order valence-corrected chi connectivity index (χ0v) is 16.1. The van der Waals surface area contributed by atoms with Crippen LogP contribution >= 0.6 is 23.2 Å². The molecule has 5 nitrogen and oxygen atoms in total. The van der Waals surface area contributed by atoms with Crippen LogP contribution in [0.1, 0.15) is 32.3 Å². The predicted octanol–water partition coefficient (Wildman–Crippen LogP) is 4.57. The van der Waals surface area contributed by atoms with Gasteiger partial charge in [0, 0.05) is 16.5 Å². The fraction of sp³-hybridized carbons (Fsp3) is 0.368. The Bertz CT molecular complexity index is 739. The summed E-state index contributed by atoms with van der Waals surface area (Å²) in [7, 11) is 0. The van der Waals surface area contributed by atoms with Gasteiger partial charge >= 0.3 is 11.9 Å². The van der Waals surface area contributed by atoms with Crippen molar-refractivity contribution >= 4 is 41.2 Å². The second-order valence-corrected chi connectivity index (χ2v) is 6.36. The highest BCUT2D eigenvalue weighted by Crippen LogP contribution is 2.30. The normalized spacial score (nSPS) is 16.7. The summed E-state index contributed by atoms with van der Waals surface area (Å²) >= 11 is 12.0. The maximum absolute atomic E-state index is 12.2. The van der Waals surface area contributed by atoms with Gasteiger partial charge in [-0.15, -0.1) is 0 Å². The van der Waals surface area contributed by atoms with Crippen LogP contribution in [0.15, 0.2) is 35.6 Å². The molecule has 0 saturated carbocycles. The quantitative estimate of drug-likeness (QED) is 0.629. The van der Waals surface area contributed by atoms with Crippen LogP contribution in [-0.2, 0) is 23.8 Å². The van der Waals surface area contributed by atoms with E-state index in [2.05, 4.69) is 0 Å². The van der Waals surface area contributed by atoms with Gasteiger partial charge in [-0.25, -0.2) is 4.79 Å². The summed E-state index contributed by atoms with van der Waals surface area (Å²) in [6.45, 7) is 4.02. The maximum atomic E-state index is 12.2. The van der Waals surface area contributed by atoms with Gasteiger partial charge < -0.3 is 14.2 Å². The topological polar surface area (TPSA) is 61.8 Å². The number of carbonyl (C=O) groups is 2. The largest absolute Gasteiger partial charge is 0.489 e. The number of halogens is 2. The van der Waals surface area contributed by atoms with Gasteiger partial charge in [-0.3, -0.25) is 4.79 Å². The molecule has 1 atom stereocenters. The Morgan fingerprint density at radius 2 is 1.92 bits per heavy atom. The van der Waals surface area contributed by atoms with Crippen molar-refractivity contribution in [2.24, 2.45) is 0 Å². The SMILES string of the molecule is CCOC(=O)CC1CC(C(=O)OCC)=C(/C=C/c2ccc(Cl)cc2Cl)O1. The lowest BCUT2D eigenvalue weighted by Crippen LogP contribution is -2.16. The van der Waals surface area contributed by atoms with Gasteiger partial charge in [-0.2, -0.15) is 0 Å². The zero-order valence-electron chi connectivity index (χ0n) is 14.6. The molecule has 1 heterocycles. The molecule has 0 amide bonds. The molecule has 2 rings (SSSR count). The van der Waals surface area contributed by atoms with Crippen LogP contribution in [0.25, 0.3) is 6.08 Å². The highest BCUT2D eigenvalue weighted by molar-refractivity contribution is 6.35. The Hall–Kier alpha value is -1.98. The van der Waals surface area contributed by atoms with Crippen molar-refractivity contribution in [2.75, 3.05) is 13.2 Å². The molecule has 0 aromatic heterocycles. The molecule has 26 heavy (non-hydrogen) atoms. The molecule has 7 heteroatoms. The first kappa shape index (κ1) is 20.3. The van der Waals surface area contributed by atoms with Gasteiger partial charge in [-0.05, 0) is 43.7 Å². The minimum absolute atomic E-state index is 0.0653. The molecular weight excluding hydrogens is 379 g/mol. The van der Waals surface area contributed by atoms with E-state index in [1.807, 2.05) is 0 Å². The molecule has 0 aliphatic carbocycles. The van der Waals surface area contributed by atoms with Crippen LogP contribution in [0.2, 0.25) is 10.0 Å². The van der Waals surface area contributed by atoms with Crippen molar-refractivity contribution in [1.82, 2.24) is 0 Å². The highest BCUT2D eigenvalue weighted by Gasteiger charge is 2.31. The summed E-state index contributed by atoms with van der Waals surface area (Å²) in [5, 5.41) is 1.01. The van der Waals surface area contributed by atoms with Crippen molar-refractivity contribution in [3.05, 3.63) is 51.2 Å². The van der Waals surface area contributed by atoms with E-state index in [-0.39, 0.29) is 25.4 Å². The number of hydrogen-bond donors (Lipinski definition) is 0. The fourth-order valence-electron chi connectivity index (χ4n) is 2.48. The molecule has 140 valence electrons. The molecule has 0 bridgehead atoms. The first-order valence-electron chi connectivity index (χ1n) is 8.30. The molecule has 1 aliphatic heterocycles. The lowest BCUT2D eigenvalue weighted by Gasteiger charge is -2.10. The molecule has 0 fully saturated rings. The van der Waals surface area contributed by atoms with E-state index in [0.29, 0.717) is 28.0 Å². The monoisotopic (exact) mass is 398 g/mol. The summed E-state index contributed by atoms with van der Waals surface area (Å²) in [6, 6.07) is 5.10. The van der Waals surface area contributed by atoms with E-state index >= 15 is 0 Å². The summed E-state index contributed by atoms with van der Waals surface area (Å²) in [6.07, 6.45) is 3.25. The molecule has 1 unspecified atom stereocenters. The minimum atomic E-state index is -0.464. The van der Waals surface area contributed by atoms with Gasteiger partial charge in [0.25, 0.3) is 0 Å². The Morgan fingerprint density at radius 3 is 2.58 bits per heavy atom. The number of carbonyl (C=O) groups excluding carboxylic acids is 2. The molecule has 1 aromatic carbocycles. The Balaban J connectivity index is 2.19. The van der Waals surface area contributed by atoms with Gasteiger partial charge in [0.05, 0.1) is 25.2 Å². The summed E-state index contributed by atoms with van der Waals surface area (Å²) in [4.78, 5) is 23.9. The average molecular weight is 399 g/mol. The Kier molecular flexibility index (Phi) is 7.54. The molecule has 0 radical (unpaired) electrons. The highest BCUT2D eigenvalue weighted by atomic mass is 35.5. The third-order valence-electron chi connectivity index (χ3n) is 3.62. The molecular formula is C19H20Cl2O5. The van der Waals surface area contributed by atoms with Gasteiger partial charge in [0.2, 0.25) is 0 Å². The number of benzene rings is 1. The minimum Gasteiger partial charge on any atom is -0.489 e. The molecule has 1 aliphatic rings. The van der Waals surface area contributed by atoms with Crippen LogP contribution in [0, 0.1) is 0 Å². The van der Waals surface area contributed by atoms with E-state index in [4.69, 9.17) is 37.4 Å². The van der Waals surface area contributed by atoms with Gasteiger partial charge in [-0.1, -0.05) is 29.3 Å². The smallest absolute Gasteiger partial charge is 0.337 e. The van der Waals surface area contributed by atoms with Crippen LogP contribution in [-0.4, -0.2) is 31.3 Å². The van der Waals surface area contributed by atoms with Crippen LogP contribution < -0.4 is 0 Å². The van der Waals surface area contributed by atoms with E-state index in [9.17, 15) is 9.59 Å². The van der Waals surface area contributed by atoms with Crippen LogP contribution in [0.3, 0.4) is 0 Å². The Labute approximate surface area is 162 Å². The van der Waals surface area contributed by atoms with Crippen molar-refractivity contribution < 1.29 is 23.8 Å². The number of esters is 2. The van der Waals surface area contributed by atoms with E-state index in [0.717, 1.165) is 5.56 Å². The first-order chi connectivity index (χ1) is 12.4. The standard InChI is InChI=1S/C19H20Cl2O5/c1-3-24-18(22)11-14-10-15(19(23)25-4-2)17(26-14)8-6-12-5-7-13(20)9-16(12)21/h5-9,14H,3-4,10-11H2,1-2H3/b8-6+. The van der Waals surface area contributed by atoms with E-state index < -0.39 is 12.1 Å². The number of ether oxygens (including phenoxy) is 3. The molecule has 0 N–H and O–H groups in total. The van der Waals surface area contributed by atoms with Crippen molar-refractivity contribution in [1.29, 1.82) is 0 Å². The van der Waals surface area contributed by atoms with Crippen LogP contribution in [0.5, 0.6) is 0 Å². The average Bonchev–Trinajstić information content (AvgIpc) is 2.97. The van der Waals surface area contributed by atoms with Crippen molar-refractivity contribution in [2.45, 2.75) is 32.8 Å². The predicted molar refractivity (Wildman–Crippen MR) is 99.9 cm³/mol. The lowest BCUT2D eigenvalue weighted by atomic mass is 10.1. The number of rotatable bonds is 7. The van der Waals surface area contributed by atoms with Crippen molar-refractivity contribution in [3.8, 4) is 0 Å². The number of allylic oxidation sites excluding steroid dienone is 1. The molecule has 1 aromatic rings. The Morgan fingerprint density at radius 1 is 1.19 bits per heavy atom. The fourth-order valence-corrected chi connectivity index (χ4v) is 2.96. The van der Waals surface area contributed by atoms with Crippen molar-refractivity contribution in [3.63, 3.8) is 0 Å². The van der Waals surface area contributed by atoms with E-state index in [1.54, 1.807) is 44.2 Å². The molecule has 0 saturated heterocycles. The summed E-state index contributed by atoms with van der Waals surface area (Å²) < 4.78 is 15.8. The van der Waals surface area contributed by atoms with Gasteiger partial charge in [0.1, 0.15) is 11.9 Å². The first-order valence-corrected chi connectivity index (χ1v) is 9.05. The zero-order chi connectivity index (χ0) is 19.1. The third kappa shape index (κ3) is 5.51. The second kappa shape index (κ2) is 9.64. The lowest BCUT2D eigenvalue weighted by molar-refractivity contribution is -0.145. The third-order valence-corrected chi connectivity index (χ3v) is 4.18.